The van der Waals surface area contributed by atoms with Crippen LogP contribution in [0.15, 0.2) is 29.2 Å². The van der Waals surface area contributed by atoms with Gasteiger partial charge >= 0.3 is 12.0 Å². The number of ether oxygens (including phenoxy) is 1. The van der Waals surface area contributed by atoms with Gasteiger partial charge in [-0.1, -0.05) is 6.07 Å². The molecule has 1 aliphatic rings. The summed E-state index contributed by atoms with van der Waals surface area (Å²) >= 11 is 1.62. The van der Waals surface area contributed by atoms with Gasteiger partial charge in [-0.2, -0.15) is 15.0 Å². The van der Waals surface area contributed by atoms with Crippen LogP contribution in [0.5, 0.6) is 6.01 Å². The summed E-state index contributed by atoms with van der Waals surface area (Å²) in [7, 11) is 1.52. The van der Waals surface area contributed by atoms with Gasteiger partial charge in [0, 0.05) is 23.7 Å². The number of nitrogens with zero attached hydrogens (tertiary/aromatic N) is 4. The second-order valence-electron chi connectivity index (χ2n) is 5.77. The predicted octanol–water partition coefficient (Wildman–Crippen LogP) is 2.52. The van der Waals surface area contributed by atoms with Crippen LogP contribution < -0.4 is 20.3 Å². The quantitative estimate of drug-likeness (QED) is 0.751. The average Bonchev–Trinajstić information content (AvgIpc) is 3.21. The topological polar surface area (TPSA) is 92.3 Å². The van der Waals surface area contributed by atoms with E-state index < -0.39 is 0 Å². The molecular formula is C17H22N6O2S. The summed E-state index contributed by atoms with van der Waals surface area (Å²) in [5, 5.41) is 5.58. The van der Waals surface area contributed by atoms with Gasteiger partial charge < -0.3 is 20.3 Å². The van der Waals surface area contributed by atoms with Crippen LogP contribution in [0.2, 0.25) is 0 Å². The summed E-state index contributed by atoms with van der Waals surface area (Å²) in [5.74, 6) is 1.06. The Bertz CT molecular complexity index is 767. The molecule has 1 aromatic heterocycles. The van der Waals surface area contributed by atoms with Crippen molar-refractivity contribution in [2.45, 2.75) is 24.3 Å². The SMILES string of the molecule is COc1nc(CNC(=O)Nc2cccc(SC)c2)nc(N2CCCC2)n1. The minimum atomic E-state index is -0.314. The molecule has 0 saturated carbocycles. The Morgan fingerprint density at radius 2 is 2.08 bits per heavy atom. The molecule has 1 saturated heterocycles. The van der Waals surface area contributed by atoms with Crippen molar-refractivity contribution >= 4 is 29.4 Å². The Labute approximate surface area is 156 Å². The third kappa shape index (κ3) is 4.75. The summed E-state index contributed by atoms with van der Waals surface area (Å²) in [6.07, 6.45) is 4.24. The molecule has 1 aromatic carbocycles. The Kier molecular flexibility index (Phi) is 6.11. The molecule has 26 heavy (non-hydrogen) atoms. The molecule has 1 fully saturated rings. The smallest absolute Gasteiger partial charge is 0.321 e. The van der Waals surface area contributed by atoms with Gasteiger partial charge in [0.1, 0.15) is 0 Å². The van der Waals surface area contributed by atoms with E-state index in [4.69, 9.17) is 4.74 Å². The minimum Gasteiger partial charge on any atom is -0.467 e. The van der Waals surface area contributed by atoms with Crippen LogP contribution in [0.4, 0.5) is 16.4 Å². The zero-order chi connectivity index (χ0) is 18.4. The first-order valence-corrected chi connectivity index (χ1v) is 9.63. The largest absolute Gasteiger partial charge is 0.467 e. The van der Waals surface area contributed by atoms with E-state index in [0.717, 1.165) is 36.5 Å². The van der Waals surface area contributed by atoms with Gasteiger partial charge in [-0.15, -0.1) is 11.8 Å². The van der Waals surface area contributed by atoms with Crippen LogP contribution in [0.1, 0.15) is 18.7 Å². The lowest BCUT2D eigenvalue weighted by molar-refractivity contribution is 0.251. The van der Waals surface area contributed by atoms with Crippen molar-refractivity contribution in [2.75, 3.05) is 36.7 Å². The number of hydrogen-bond acceptors (Lipinski definition) is 7. The molecule has 138 valence electrons. The molecule has 3 rings (SSSR count). The first-order chi connectivity index (χ1) is 12.7. The zero-order valence-corrected chi connectivity index (χ0v) is 15.7. The number of urea groups is 1. The Balaban J connectivity index is 1.62. The molecule has 2 aromatic rings. The summed E-state index contributed by atoms with van der Waals surface area (Å²) in [6.45, 7) is 2.03. The Hall–Kier alpha value is -2.55. The number of benzene rings is 1. The van der Waals surface area contributed by atoms with Crippen molar-refractivity contribution in [1.82, 2.24) is 20.3 Å². The number of carbonyl (C=O) groups excluding carboxylic acids is 1. The standard InChI is InChI=1S/C17H22N6O2S/c1-25-17-21-14(20-15(22-17)23-8-3-4-9-23)11-18-16(24)19-12-6-5-7-13(10-12)26-2/h5-7,10H,3-4,8-9,11H2,1-2H3,(H2,18,19,24). The summed E-state index contributed by atoms with van der Waals surface area (Å²) in [5.41, 5.74) is 0.736. The van der Waals surface area contributed by atoms with E-state index in [1.165, 1.54) is 7.11 Å². The van der Waals surface area contributed by atoms with Gasteiger partial charge in [-0.3, -0.25) is 0 Å². The van der Waals surface area contributed by atoms with Gasteiger partial charge in [0.25, 0.3) is 0 Å². The number of carbonyl (C=O) groups is 1. The fourth-order valence-corrected chi connectivity index (χ4v) is 3.11. The maximum atomic E-state index is 12.1. The van der Waals surface area contributed by atoms with Crippen LogP contribution in [-0.2, 0) is 6.54 Å². The van der Waals surface area contributed by atoms with Gasteiger partial charge in [0.05, 0.1) is 13.7 Å². The van der Waals surface area contributed by atoms with E-state index in [2.05, 4.69) is 30.5 Å². The van der Waals surface area contributed by atoms with Crippen LogP contribution in [0.3, 0.4) is 0 Å². The van der Waals surface area contributed by atoms with E-state index in [9.17, 15) is 4.79 Å². The second-order valence-corrected chi connectivity index (χ2v) is 6.65. The van der Waals surface area contributed by atoms with Crippen LogP contribution in [0.25, 0.3) is 0 Å². The highest BCUT2D eigenvalue weighted by Gasteiger charge is 2.18. The Morgan fingerprint density at radius 3 is 2.81 bits per heavy atom. The van der Waals surface area contributed by atoms with Crippen LogP contribution >= 0.6 is 11.8 Å². The van der Waals surface area contributed by atoms with Gasteiger partial charge in [0.15, 0.2) is 5.82 Å². The highest BCUT2D eigenvalue weighted by Crippen LogP contribution is 2.19. The molecule has 2 heterocycles. The number of thioether (sulfide) groups is 1. The third-order valence-corrected chi connectivity index (χ3v) is 4.68. The van der Waals surface area contributed by atoms with E-state index in [1.54, 1.807) is 11.8 Å². The fraction of sp³-hybridized carbons (Fsp3) is 0.412. The highest BCUT2D eigenvalue weighted by atomic mass is 32.2. The average molecular weight is 374 g/mol. The number of amides is 2. The van der Waals surface area contributed by atoms with Gasteiger partial charge in [-0.25, -0.2) is 4.79 Å². The number of hydrogen-bond donors (Lipinski definition) is 2. The number of aromatic nitrogens is 3. The lowest BCUT2D eigenvalue weighted by atomic mass is 10.3. The van der Waals surface area contributed by atoms with Crippen molar-refractivity contribution < 1.29 is 9.53 Å². The first-order valence-electron chi connectivity index (χ1n) is 8.41. The number of anilines is 2. The fourth-order valence-electron chi connectivity index (χ4n) is 2.65. The molecule has 0 bridgehead atoms. The van der Waals surface area contributed by atoms with Crippen LogP contribution in [0, 0.1) is 0 Å². The molecular weight excluding hydrogens is 352 g/mol. The van der Waals surface area contributed by atoms with E-state index in [0.29, 0.717) is 11.8 Å². The van der Waals surface area contributed by atoms with Crippen molar-refractivity contribution in [3.63, 3.8) is 0 Å². The molecule has 0 spiro atoms. The van der Waals surface area contributed by atoms with Crippen molar-refractivity contribution in [3.05, 3.63) is 30.1 Å². The number of methoxy groups -OCH3 is 1. The normalized spacial score (nSPS) is 13.5. The molecule has 9 heteroatoms. The molecule has 0 aliphatic carbocycles. The molecule has 0 unspecified atom stereocenters. The molecule has 8 nitrogen and oxygen atoms in total. The second kappa shape index (κ2) is 8.70. The minimum absolute atomic E-state index is 0.188. The monoisotopic (exact) mass is 374 g/mol. The van der Waals surface area contributed by atoms with Crippen molar-refractivity contribution in [2.24, 2.45) is 0 Å². The summed E-state index contributed by atoms with van der Waals surface area (Å²) in [6, 6.07) is 7.60. The third-order valence-electron chi connectivity index (χ3n) is 3.96. The summed E-state index contributed by atoms with van der Waals surface area (Å²) < 4.78 is 5.16. The zero-order valence-electron chi connectivity index (χ0n) is 14.9. The van der Waals surface area contributed by atoms with Gasteiger partial charge in [-0.05, 0) is 37.3 Å². The van der Waals surface area contributed by atoms with E-state index >= 15 is 0 Å². The lowest BCUT2D eigenvalue weighted by Crippen LogP contribution is -2.29. The van der Waals surface area contributed by atoms with Gasteiger partial charge in [0.2, 0.25) is 5.95 Å². The maximum Gasteiger partial charge on any atom is 0.321 e. The molecule has 1 aliphatic heterocycles. The van der Waals surface area contributed by atoms with E-state index in [-0.39, 0.29) is 18.6 Å². The number of nitrogens with one attached hydrogen (secondary N) is 2. The first kappa shape index (κ1) is 18.2. The van der Waals surface area contributed by atoms with Crippen molar-refractivity contribution in [1.29, 1.82) is 0 Å². The predicted molar refractivity (Wildman–Crippen MR) is 102 cm³/mol. The maximum absolute atomic E-state index is 12.1. The summed E-state index contributed by atoms with van der Waals surface area (Å²) in [4.78, 5) is 28.3. The Morgan fingerprint density at radius 1 is 1.27 bits per heavy atom. The van der Waals surface area contributed by atoms with E-state index in [1.807, 2.05) is 30.5 Å². The number of rotatable bonds is 6. The van der Waals surface area contributed by atoms with Crippen molar-refractivity contribution in [3.8, 4) is 6.01 Å². The molecule has 2 amide bonds. The lowest BCUT2D eigenvalue weighted by Gasteiger charge is -2.16. The molecule has 0 radical (unpaired) electrons. The molecule has 0 atom stereocenters. The van der Waals surface area contributed by atoms with Crippen LogP contribution in [-0.4, -0.2) is 47.4 Å². The molecule has 2 N–H and O–H groups in total. The highest BCUT2D eigenvalue weighted by molar-refractivity contribution is 7.98.